The van der Waals surface area contributed by atoms with Crippen LogP contribution in [0.1, 0.15) is 0 Å². The number of aromatic nitrogens is 1. The summed E-state index contributed by atoms with van der Waals surface area (Å²) >= 11 is 0. The van der Waals surface area contributed by atoms with Crippen LogP contribution in [0, 0.1) is 0 Å². The molecule has 0 fully saturated rings. The van der Waals surface area contributed by atoms with Gasteiger partial charge in [0.1, 0.15) is 0 Å². The Labute approximate surface area is 115 Å². The third kappa shape index (κ3) is 2.49. The lowest BCUT2D eigenvalue weighted by Gasteiger charge is -2.08. The van der Waals surface area contributed by atoms with Crippen molar-refractivity contribution < 1.29 is 18.9 Å². The second-order valence-electron chi connectivity index (χ2n) is 4.51. The fourth-order valence-corrected chi connectivity index (χ4v) is 2.81. The molecule has 0 aliphatic carbocycles. The molecule has 104 valence electrons. The second-order valence-corrected chi connectivity index (χ2v) is 5.75. The van der Waals surface area contributed by atoms with Crippen molar-refractivity contribution in [3.8, 4) is 0 Å². The molecule has 20 heavy (non-hydrogen) atoms. The predicted molar refractivity (Wildman–Crippen MR) is 77.4 cm³/mol. The van der Waals surface area contributed by atoms with E-state index in [1.54, 1.807) is 0 Å². The molecule has 0 spiro atoms. The molecule has 1 aromatic heterocycles. The Bertz CT molecular complexity index is 752. The number of phosphoric acid groups is 1. The monoisotopic (exact) mass is 291 g/mol. The lowest BCUT2D eigenvalue weighted by molar-refractivity contribution is 0.192. The lowest BCUT2D eigenvalue weighted by Crippen LogP contribution is -2.04. The molecule has 0 bridgehead atoms. The summed E-state index contributed by atoms with van der Waals surface area (Å²) in [6.07, 6.45) is 0. The molecular formula is C14H14NO4P. The fourth-order valence-electron chi connectivity index (χ4n) is 2.50. The minimum Gasteiger partial charge on any atom is -0.338 e. The Hall–Kier alpha value is -1.65. The maximum atomic E-state index is 10.7. The molecular weight excluding hydrogens is 277 g/mol. The number of fused-ring (bicyclic) bond motifs is 3. The summed E-state index contributed by atoms with van der Waals surface area (Å²) in [5.74, 6) is 0. The smallest absolute Gasteiger partial charge is 0.338 e. The van der Waals surface area contributed by atoms with E-state index in [1.165, 1.54) is 0 Å². The number of hydrogen-bond acceptors (Lipinski definition) is 2. The average molecular weight is 291 g/mol. The van der Waals surface area contributed by atoms with Crippen LogP contribution in [-0.2, 0) is 15.6 Å². The molecule has 0 saturated carbocycles. The Morgan fingerprint density at radius 3 is 1.95 bits per heavy atom. The van der Waals surface area contributed by atoms with E-state index in [0.717, 1.165) is 21.8 Å². The van der Waals surface area contributed by atoms with Gasteiger partial charge in [0.05, 0.1) is 6.61 Å². The zero-order valence-corrected chi connectivity index (χ0v) is 11.5. The SMILES string of the molecule is O=P(O)(O)OCCn1c2ccccc2c2ccccc21. The first-order chi connectivity index (χ1) is 9.56. The molecule has 0 atom stereocenters. The van der Waals surface area contributed by atoms with Gasteiger partial charge in [-0.25, -0.2) is 4.57 Å². The highest BCUT2D eigenvalue weighted by molar-refractivity contribution is 7.46. The first-order valence-electron chi connectivity index (χ1n) is 6.22. The number of benzene rings is 2. The van der Waals surface area contributed by atoms with Crippen LogP contribution in [0.5, 0.6) is 0 Å². The van der Waals surface area contributed by atoms with E-state index in [4.69, 9.17) is 9.79 Å². The third-order valence-electron chi connectivity index (χ3n) is 3.25. The van der Waals surface area contributed by atoms with E-state index in [9.17, 15) is 4.57 Å². The summed E-state index contributed by atoms with van der Waals surface area (Å²) in [5, 5.41) is 2.25. The van der Waals surface area contributed by atoms with Gasteiger partial charge in [0.25, 0.3) is 0 Å². The Morgan fingerprint density at radius 1 is 0.950 bits per heavy atom. The van der Waals surface area contributed by atoms with Crippen molar-refractivity contribution in [1.29, 1.82) is 0 Å². The summed E-state index contributed by atoms with van der Waals surface area (Å²) in [5.41, 5.74) is 2.06. The molecule has 0 unspecified atom stereocenters. The molecule has 0 aliphatic rings. The maximum absolute atomic E-state index is 10.7. The molecule has 1 heterocycles. The number of para-hydroxylation sites is 2. The average Bonchev–Trinajstić information content (AvgIpc) is 2.73. The molecule has 3 rings (SSSR count). The highest BCUT2D eigenvalue weighted by Crippen LogP contribution is 2.36. The van der Waals surface area contributed by atoms with Gasteiger partial charge in [-0.1, -0.05) is 36.4 Å². The van der Waals surface area contributed by atoms with Crippen LogP contribution in [0.2, 0.25) is 0 Å². The molecule has 0 aliphatic heterocycles. The van der Waals surface area contributed by atoms with Crippen molar-refractivity contribution in [3.05, 3.63) is 48.5 Å². The highest BCUT2D eigenvalue weighted by atomic mass is 31.2. The van der Waals surface area contributed by atoms with Gasteiger partial charge in [-0.15, -0.1) is 0 Å². The van der Waals surface area contributed by atoms with Crippen molar-refractivity contribution in [3.63, 3.8) is 0 Å². The summed E-state index contributed by atoms with van der Waals surface area (Å²) in [7, 11) is -4.42. The van der Waals surface area contributed by atoms with Gasteiger partial charge in [-0.2, -0.15) is 0 Å². The van der Waals surface area contributed by atoms with Gasteiger partial charge in [0, 0.05) is 28.4 Å². The van der Waals surface area contributed by atoms with Gasteiger partial charge in [0.2, 0.25) is 0 Å². The van der Waals surface area contributed by atoms with E-state index in [2.05, 4.69) is 4.52 Å². The first-order valence-corrected chi connectivity index (χ1v) is 7.75. The first kappa shape index (κ1) is 13.3. The van der Waals surface area contributed by atoms with E-state index >= 15 is 0 Å². The fraction of sp³-hybridized carbons (Fsp3) is 0.143. The van der Waals surface area contributed by atoms with Crippen molar-refractivity contribution in [1.82, 2.24) is 4.57 Å². The number of hydrogen-bond donors (Lipinski definition) is 2. The standard InChI is InChI=1S/C14H14NO4P/c16-20(17,18)19-10-9-15-13-7-3-1-5-11(13)12-6-2-4-8-14(12)15/h1-8H,9-10H2,(H2,16,17,18). The van der Waals surface area contributed by atoms with Crippen LogP contribution in [-0.4, -0.2) is 21.0 Å². The van der Waals surface area contributed by atoms with Crippen LogP contribution < -0.4 is 0 Å². The predicted octanol–water partition coefficient (Wildman–Crippen LogP) is 2.90. The summed E-state index contributed by atoms with van der Waals surface area (Å²) in [6.45, 7) is 0.353. The minimum absolute atomic E-state index is 0.0348. The summed E-state index contributed by atoms with van der Waals surface area (Å²) < 4.78 is 17.3. The third-order valence-corrected chi connectivity index (χ3v) is 3.77. The number of phosphoric ester groups is 1. The van der Waals surface area contributed by atoms with E-state index < -0.39 is 7.82 Å². The molecule has 3 aromatic rings. The van der Waals surface area contributed by atoms with Gasteiger partial charge >= 0.3 is 7.82 Å². The van der Waals surface area contributed by atoms with Gasteiger partial charge in [0.15, 0.2) is 0 Å². The number of rotatable bonds is 4. The quantitative estimate of drug-likeness (QED) is 0.725. The highest BCUT2D eigenvalue weighted by Gasteiger charge is 2.14. The molecule has 0 saturated heterocycles. The number of nitrogens with zero attached hydrogens (tertiary/aromatic N) is 1. The van der Waals surface area contributed by atoms with Crippen molar-refractivity contribution in [2.45, 2.75) is 6.54 Å². The van der Waals surface area contributed by atoms with Crippen LogP contribution >= 0.6 is 7.82 Å². The maximum Gasteiger partial charge on any atom is 0.469 e. The largest absolute Gasteiger partial charge is 0.469 e. The molecule has 2 aromatic carbocycles. The Balaban J connectivity index is 2.05. The summed E-state index contributed by atoms with van der Waals surface area (Å²) in [4.78, 5) is 17.5. The molecule has 0 radical (unpaired) electrons. The van der Waals surface area contributed by atoms with Crippen LogP contribution in [0.15, 0.2) is 48.5 Å². The topological polar surface area (TPSA) is 71.7 Å². The molecule has 5 nitrogen and oxygen atoms in total. The van der Waals surface area contributed by atoms with Crippen molar-refractivity contribution >= 4 is 29.6 Å². The zero-order valence-electron chi connectivity index (χ0n) is 10.6. The molecule has 2 N–H and O–H groups in total. The lowest BCUT2D eigenvalue weighted by atomic mass is 10.2. The van der Waals surface area contributed by atoms with Gasteiger partial charge in [-0.3, -0.25) is 4.52 Å². The molecule has 6 heteroatoms. The van der Waals surface area contributed by atoms with Gasteiger partial charge < -0.3 is 14.4 Å². The minimum atomic E-state index is -4.42. The van der Waals surface area contributed by atoms with Crippen LogP contribution in [0.25, 0.3) is 21.8 Å². The van der Waals surface area contributed by atoms with Crippen LogP contribution in [0.3, 0.4) is 0 Å². The Kier molecular flexibility index (Phi) is 3.36. The van der Waals surface area contributed by atoms with Crippen molar-refractivity contribution in [2.75, 3.05) is 6.61 Å². The normalized spacial score (nSPS) is 12.3. The van der Waals surface area contributed by atoms with E-state index in [1.807, 2.05) is 53.1 Å². The second kappa shape index (κ2) is 5.04. The van der Waals surface area contributed by atoms with Crippen molar-refractivity contribution in [2.24, 2.45) is 0 Å². The van der Waals surface area contributed by atoms with E-state index in [0.29, 0.717) is 6.54 Å². The zero-order chi connectivity index (χ0) is 14.2. The Morgan fingerprint density at radius 2 is 1.45 bits per heavy atom. The van der Waals surface area contributed by atoms with Crippen LogP contribution in [0.4, 0.5) is 0 Å². The van der Waals surface area contributed by atoms with E-state index in [-0.39, 0.29) is 6.61 Å². The summed E-state index contributed by atoms with van der Waals surface area (Å²) in [6, 6.07) is 15.9. The molecule has 0 amide bonds. The van der Waals surface area contributed by atoms with Gasteiger partial charge in [-0.05, 0) is 12.1 Å².